The molecule has 2 aliphatic rings. The van der Waals surface area contributed by atoms with Gasteiger partial charge in [0.05, 0.1) is 7.11 Å². The molecule has 0 aromatic heterocycles. The van der Waals surface area contributed by atoms with Gasteiger partial charge in [0.15, 0.2) is 0 Å². The molecule has 0 bridgehead atoms. The molecule has 4 heteroatoms. The van der Waals surface area contributed by atoms with Crippen molar-refractivity contribution in [3.63, 3.8) is 0 Å². The van der Waals surface area contributed by atoms with Gasteiger partial charge in [0.1, 0.15) is 11.6 Å². The van der Waals surface area contributed by atoms with Crippen molar-refractivity contribution in [1.29, 1.82) is 0 Å². The number of hydrogen-bond acceptors (Lipinski definition) is 2. The predicted octanol–water partition coefficient (Wildman–Crippen LogP) is 4.13. The molecular weight excluding hydrogens is 317 g/mol. The number of hydrogen-bond donors (Lipinski definition) is 0. The van der Waals surface area contributed by atoms with Gasteiger partial charge in [-0.05, 0) is 54.5 Å². The maximum atomic E-state index is 14.0. The fourth-order valence-corrected chi connectivity index (χ4v) is 3.50. The van der Waals surface area contributed by atoms with Crippen LogP contribution in [0, 0.1) is 11.7 Å². The third-order valence-electron chi connectivity index (χ3n) is 5.20. The molecular formula is C21H22FNO2. The molecule has 2 aromatic rings. The van der Waals surface area contributed by atoms with Gasteiger partial charge in [-0.2, -0.15) is 0 Å². The number of ether oxygens (including phenoxy) is 1. The molecule has 3 nitrogen and oxygen atoms in total. The van der Waals surface area contributed by atoms with Crippen molar-refractivity contribution in [3.8, 4) is 5.75 Å². The molecule has 0 aliphatic heterocycles. The van der Waals surface area contributed by atoms with Crippen molar-refractivity contribution in [3.05, 3.63) is 65.5 Å². The van der Waals surface area contributed by atoms with E-state index in [1.807, 2.05) is 35.2 Å². The van der Waals surface area contributed by atoms with Crippen LogP contribution in [0.25, 0.3) is 0 Å². The van der Waals surface area contributed by atoms with Crippen molar-refractivity contribution < 1.29 is 13.9 Å². The average Bonchev–Trinajstić information content (AvgIpc) is 3.54. The van der Waals surface area contributed by atoms with Crippen LogP contribution >= 0.6 is 0 Å². The highest BCUT2D eigenvalue weighted by molar-refractivity contribution is 5.83. The van der Waals surface area contributed by atoms with E-state index in [1.54, 1.807) is 19.2 Å². The summed E-state index contributed by atoms with van der Waals surface area (Å²) in [5, 5.41) is 0. The maximum absolute atomic E-state index is 14.0. The number of rotatable bonds is 6. The van der Waals surface area contributed by atoms with Crippen LogP contribution in [0.1, 0.15) is 36.3 Å². The van der Waals surface area contributed by atoms with Gasteiger partial charge in [-0.25, -0.2) is 4.39 Å². The molecule has 2 fully saturated rings. The van der Waals surface area contributed by atoms with Gasteiger partial charge < -0.3 is 9.64 Å². The summed E-state index contributed by atoms with van der Waals surface area (Å²) in [6.45, 7) is 0.619. The molecule has 1 amide bonds. The van der Waals surface area contributed by atoms with E-state index in [0.29, 0.717) is 18.2 Å². The van der Waals surface area contributed by atoms with Gasteiger partial charge in [-0.15, -0.1) is 0 Å². The van der Waals surface area contributed by atoms with Crippen LogP contribution in [0.15, 0.2) is 48.5 Å². The summed E-state index contributed by atoms with van der Waals surface area (Å²) < 4.78 is 19.2. The summed E-state index contributed by atoms with van der Waals surface area (Å²) >= 11 is 0. The molecule has 2 aromatic carbocycles. The Hall–Kier alpha value is -2.36. The van der Waals surface area contributed by atoms with E-state index in [1.165, 1.54) is 6.07 Å². The molecule has 0 spiro atoms. The van der Waals surface area contributed by atoms with Crippen LogP contribution in [0.3, 0.4) is 0 Å². The Morgan fingerprint density at radius 1 is 1.16 bits per heavy atom. The minimum Gasteiger partial charge on any atom is -0.497 e. The molecule has 0 N–H and O–H groups in total. The molecule has 2 atom stereocenters. The first-order chi connectivity index (χ1) is 12.2. The van der Waals surface area contributed by atoms with Crippen molar-refractivity contribution in [2.75, 3.05) is 7.11 Å². The Morgan fingerprint density at radius 3 is 2.52 bits per heavy atom. The van der Waals surface area contributed by atoms with Gasteiger partial charge in [-0.1, -0.05) is 30.3 Å². The minimum absolute atomic E-state index is 0.0332. The van der Waals surface area contributed by atoms with Crippen LogP contribution < -0.4 is 4.74 Å². The second-order valence-corrected chi connectivity index (χ2v) is 7.02. The third-order valence-corrected chi connectivity index (χ3v) is 5.20. The SMILES string of the molecule is COc1ccc(CN(C(=O)C2CC2c2ccccc2F)C2CC2)cc1. The molecule has 2 aliphatic carbocycles. The first-order valence-electron chi connectivity index (χ1n) is 8.85. The van der Waals surface area contributed by atoms with Crippen LogP contribution in [-0.2, 0) is 11.3 Å². The summed E-state index contributed by atoms with van der Waals surface area (Å²) in [4.78, 5) is 15.0. The highest BCUT2D eigenvalue weighted by atomic mass is 19.1. The van der Waals surface area contributed by atoms with E-state index in [9.17, 15) is 9.18 Å². The largest absolute Gasteiger partial charge is 0.497 e. The van der Waals surface area contributed by atoms with E-state index in [-0.39, 0.29) is 23.6 Å². The lowest BCUT2D eigenvalue weighted by molar-refractivity contribution is -0.133. The van der Waals surface area contributed by atoms with Crippen molar-refractivity contribution >= 4 is 5.91 Å². The summed E-state index contributed by atoms with van der Waals surface area (Å²) in [5.74, 6) is 0.749. The van der Waals surface area contributed by atoms with Gasteiger partial charge in [-0.3, -0.25) is 4.79 Å². The highest BCUT2D eigenvalue weighted by Crippen LogP contribution is 2.50. The molecule has 0 saturated heterocycles. The lowest BCUT2D eigenvalue weighted by Gasteiger charge is -2.23. The molecule has 4 rings (SSSR count). The summed E-state index contributed by atoms with van der Waals surface area (Å²) in [6.07, 6.45) is 2.89. The third kappa shape index (κ3) is 3.39. The van der Waals surface area contributed by atoms with Gasteiger partial charge in [0, 0.05) is 18.5 Å². The van der Waals surface area contributed by atoms with E-state index in [0.717, 1.165) is 30.6 Å². The molecule has 2 unspecified atom stereocenters. The minimum atomic E-state index is -0.198. The number of carbonyl (C=O) groups is 1. The number of nitrogens with zero attached hydrogens (tertiary/aromatic N) is 1. The van der Waals surface area contributed by atoms with Gasteiger partial charge >= 0.3 is 0 Å². The standard InChI is InChI=1S/C21H22FNO2/c1-25-16-10-6-14(7-11-16)13-23(15-8-9-15)21(24)19-12-18(19)17-4-2-3-5-20(17)22/h2-7,10-11,15,18-19H,8-9,12-13H2,1H3. The Balaban J connectivity index is 1.46. The summed E-state index contributed by atoms with van der Waals surface area (Å²) in [5.41, 5.74) is 1.78. The molecule has 130 valence electrons. The highest BCUT2D eigenvalue weighted by Gasteiger charge is 2.49. The van der Waals surface area contributed by atoms with E-state index in [2.05, 4.69) is 0 Å². The lowest BCUT2D eigenvalue weighted by atomic mass is 10.1. The molecule has 0 radical (unpaired) electrons. The zero-order valence-corrected chi connectivity index (χ0v) is 14.3. The smallest absolute Gasteiger partial charge is 0.226 e. The molecule has 2 saturated carbocycles. The Bertz CT molecular complexity index is 770. The van der Waals surface area contributed by atoms with Crippen LogP contribution in [0.5, 0.6) is 5.75 Å². The van der Waals surface area contributed by atoms with E-state index in [4.69, 9.17) is 4.74 Å². The Labute approximate surface area is 147 Å². The first-order valence-corrected chi connectivity index (χ1v) is 8.85. The zero-order chi connectivity index (χ0) is 17.4. The molecule has 0 heterocycles. The quantitative estimate of drug-likeness (QED) is 0.792. The predicted molar refractivity (Wildman–Crippen MR) is 93.8 cm³/mol. The second-order valence-electron chi connectivity index (χ2n) is 7.02. The van der Waals surface area contributed by atoms with E-state index < -0.39 is 0 Å². The number of benzene rings is 2. The van der Waals surface area contributed by atoms with Gasteiger partial charge in [0.2, 0.25) is 5.91 Å². The van der Waals surface area contributed by atoms with Crippen LogP contribution in [0.4, 0.5) is 4.39 Å². The van der Waals surface area contributed by atoms with Crippen LogP contribution in [0.2, 0.25) is 0 Å². The first kappa shape index (κ1) is 16.1. The number of amides is 1. The number of methoxy groups -OCH3 is 1. The van der Waals surface area contributed by atoms with Crippen molar-refractivity contribution in [1.82, 2.24) is 4.90 Å². The fourth-order valence-electron chi connectivity index (χ4n) is 3.50. The van der Waals surface area contributed by atoms with Crippen molar-refractivity contribution in [2.24, 2.45) is 5.92 Å². The lowest BCUT2D eigenvalue weighted by Crippen LogP contribution is -2.34. The Morgan fingerprint density at radius 2 is 1.88 bits per heavy atom. The normalized spacial score (nSPS) is 21.7. The average molecular weight is 339 g/mol. The van der Waals surface area contributed by atoms with Gasteiger partial charge in [0.25, 0.3) is 0 Å². The second kappa shape index (κ2) is 6.51. The van der Waals surface area contributed by atoms with Crippen LogP contribution in [-0.4, -0.2) is 24.0 Å². The molecule has 25 heavy (non-hydrogen) atoms. The fraction of sp³-hybridized carbons (Fsp3) is 0.381. The topological polar surface area (TPSA) is 29.5 Å². The monoisotopic (exact) mass is 339 g/mol. The Kier molecular flexibility index (Phi) is 4.20. The number of carbonyl (C=O) groups excluding carboxylic acids is 1. The zero-order valence-electron chi connectivity index (χ0n) is 14.3. The summed E-state index contributed by atoms with van der Waals surface area (Å²) in [6, 6.07) is 15.0. The number of halogens is 1. The maximum Gasteiger partial charge on any atom is 0.226 e. The summed E-state index contributed by atoms with van der Waals surface area (Å²) in [7, 11) is 1.64. The van der Waals surface area contributed by atoms with Crippen molar-refractivity contribution in [2.45, 2.75) is 37.8 Å². The van der Waals surface area contributed by atoms with E-state index >= 15 is 0 Å².